The molecule has 0 saturated heterocycles. The van der Waals surface area contributed by atoms with Crippen molar-refractivity contribution in [2.45, 2.75) is 26.4 Å². The van der Waals surface area contributed by atoms with Crippen LogP contribution in [-0.2, 0) is 16.0 Å². The van der Waals surface area contributed by atoms with Gasteiger partial charge in [-0.3, -0.25) is 4.79 Å². The monoisotopic (exact) mass is 262 g/mol. The van der Waals surface area contributed by atoms with Gasteiger partial charge in [-0.25, -0.2) is 4.98 Å². The number of benzene rings is 1. The molecule has 0 fully saturated rings. The number of rotatable bonds is 6. The number of nitrogens with zero attached hydrogens (tertiary/aromatic N) is 1. The average molecular weight is 262 g/mol. The Hall–Kier alpha value is -1.88. The van der Waals surface area contributed by atoms with Crippen LogP contribution in [0.1, 0.15) is 19.7 Å². The summed E-state index contributed by atoms with van der Waals surface area (Å²) in [5.74, 6) is 0.517. The summed E-state index contributed by atoms with van der Waals surface area (Å²) >= 11 is 0. The second kappa shape index (κ2) is 6.33. The van der Waals surface area contributed by atoms with Crippen LogP contribution in [0.15, 0.2) is 28.7 Å². The van der Waals surface area contributed by atoms with Crippen molar-refractivity contribution >= 4 is 17.0 Å². The minimum absolute atomic E-state index is 0.113. The van der Waals surface area contributed by atoms with E-state index in [0.29, 0.717) is 25.5 Å². The van der Waals surface area contributed by atoms with Crippen molar-refractivity contribution in [3.05, 3.63) is 30.2 Å². The fourth-order valence-electron chi connectivity index (χ4n) is 1.79. The van der Waals surface area contributed by atoms with Crippen LogP contribution in [-0.4, -0.2) is 30.1 Å². The molecule has 0 aliphatic carbocycles. The second-order valence-corrected chi connectivity index (χ2v) is 4.21. The molecule has 2 rings (SSSR count). The van der Waals surface area contributed by atoms with Gasteiger partial charge in [-0.05, 0) is 26.0 Å². The zero-order valence-electron chi connectivity index (χ0n) is 11.2. The van der Waals surface area contributed by atoms with Gasteiger partial charge in [0.05, 0.1) is 0 Å². The molecule has 0 bridgehead atoms. The third-order valence-corrected chi connectivity index (χ3v) is 2.76. The highest BCUT2D eigenvalue weighted by Crippen LogP contribution is 2.14. The summed E-state index contributed by atoms with van der Waals surface area (Å²) in [6.07, 6.45) is 0.146. The predicted molar refractivity (Wildman–Crippen MR) is 71.8 cm³/mol. The van der Waals surface area contributed by atoms with E-state index in [9.17, 15) is 4.79 Å². The summed E-state index contributed by atoms with van der Waals surface area (Å²) in [7, 11) is 0. The SMILES string of the molecule is CCO[C@@H](C)C(=O)NCCc1nc2ccccc2o1. The quantitative estimate of drug-likeness (QED) is 0.863. The highest BCUT2D eigenvalue weighted by Gasteiger charge is 2.12. The zero-order chi connectivity index (χ0) is 13.7. The first-order valence-corrected chi connectivity index (χ1v) is 6.44. The highest BCUT2D eigenvalue weighted by atomic mass is 16.5. The zero-order valence-corrected chi connectivity index (χ0v) is 11.2. The predicted octanol–water partition coefficient (Wildman–Crippen LogP) is 1.91. The Bertz CT molecular complexity index is 517. The van der Waals surface area contributed by atoms with E-state index in [1.165, 1.54) is 0 Å². The summed E-state index contributed by atoms with van der Waals surface area (Å²) in [5, 5.41) is 2.80. The lowest BCUT2D eigenvalue weighted by Gasteiger charge is -2.11. The van der Waals surface area contributed by atoms with Crippen LogP contribution in [0.25, 0.3) is 11.1 Å². The molecular formula is C14H18N2O3. The number of para-hydroxylation sites is 2. The van der Waals surface area contributed by atoms with Gasteiger partial charge < -0.3 is 14.5 Å². The molecule has 0 aliphatic heterocycles. The maximum Gasteiger partial charge on any atom is 0.248 e. The molecule has 2 aromatic rings. The molecule has 0 spiro atoms. The summed E-state index contributed by atoms with van der Waals surface area (Å²) in [6, 6.07) is 7.60. The van der Waals surface area contributed by atoms with Gasteiger partial charge in [0.1, 0.15) is 11.6 Å². The number of carbonyl (C=O) groups is 1. The molecule has 1 atom stereocenters. The Morgan fingerprint density at radius 1 is 1.47 bits per heavy atom. The molecule has 1 aromatic heterocycles. The number of amides is 1. The molecule has 5 heteroatoms. The summed E-state index contributed by atoms with van der Waals surface area (Å²) < 4.78 is 10.8. The van der Waals surface area contributed by atoms with Gasteiger partial charge in [0.25, 0.3) is 0 Å². The Labute approximate surface area is 112 Å². The normalized spacial score (nSPS) is 12.5. The van der Waals surface area contributed by atoms with Crippen molar-refractivity contribution in [2.24, 2.45) is 0 Å². The molecule has 19 heavy (non-hydrogen) atoms. The van der Waals surface area contributed by atoms with Crippen molar-refractivity contribution in [1.82, 2.24) is 10.3 Å². The Morgan fingerprint density at radius 2 is 2.26 bits per heavy atom. The van der Waals surface area contributed by atoms with Crippen LogP contribution < -0.4 is 5.32 Å². The van der Waals surface area contributed by atoms with Gasteiger partial charge in [0.2, 0.25) is 5.91 Å². The van der Waals surface area contributed by atoms with E-state index in [-0.39, 0.29) is 5.91 Å². The number of carbonyl (C=O) groups excluding carboxylic acids is 1. The molecule has 102 valence electrons. The van der Waals surface area contributed by atoms with E-state index in [2.05, 4.69) is 10.3 Å². The lowest BCUT2D eigenvalue weighted by atomic mass is 10.3. The first kappa shape index (κ1) is 13.5. The number of ether oxygens (including phenoxy) is 1. The number of hydrogen-bond acceptors (Lipinski definition) is 4. The summed E-state index contributed by atoms with van der Waals surface area (Å²) in [6.45, 7) is 4.61. The van der Waals surface area contributed by atoms with Crippen LogP contribution in [0.3, 0.4) is 0 Å². The summed E-state index contributed by atoms with van der Waals surface area (Å²) in [5.41, 5.74) is 1.61. The molecule has 1 aromatic carbocycles. The van der Waals surface area contributed by atoms with Gasteiger partial charge >= 0.3 is 0 Å². The molecular weight excluding hydrogens is 244 g/mol. The lowest BCUT2D eigenvalue weighted by molar-refractivity contribution is -0.131. The molecule has 5 nitrogen and oxygen atoms in total. The molecule has 0 radical (unpaired) electrons. The van der Waals surface area contributed by atoms with E-state index in [0.717, 1.165) is 11.1 Å². The standard InChI is InChI=1S/C14H18N2O3/c1-3-18-10(2)14(17)15-9-8-13-16-11-6-4-5-7-12(11)19-13/h4-7,10H,3,8-9H2,1-2H3,(H,15,17)/t10-/m0/s1. The molecule has 0 saturated carbocycles. The van der Waals surface area contributed by atoms with Gasteiger partial charge in [-0.1, -0.05) is 12.1 Å². The van der Waals surface area contributed by atoms with Gasteiger partial charge in [0, 0.05) is 19.6 Å². The van der Waals surface area contributed by atoms with Crippen LogP contribution in [0.2, 0.25) is 0 Å². The van der Waals surface area contributed by atoms with Crippen molar-refractivity contribution in [3.63, 3.8) is 0 Å². The first-order valence-electron chi connectivity index (χ1n) is 6.44. The minimum Gasteiger partial charge on any atom is -0.441 e. The van der Waals surface area contributed by atoms with Crippen LogP contribution in [0.5, 0.6) is 0 Å². The van der Waals surface area contributed by atoms with Crippen LogP contribution >= 0.6 is 0 Å². The summed E-state index contributed by atoms with van der Waals surface area (Å²) in [4.78, 5) is 15.9. The third-order valence-electron chi connectivity index (χ3n) is 2.76. The molecule has 0 aliphatic rings. The number of nitrogens with one attached hydrogen (secondary N) is 1. The maximum atomic E-state index is 11.6. The molecule has 1 amide bonds. The fraction of sp³-hybridized carbons (Fsp3) is 0.429. The number of oxazole rings is 1. The number of hydrogen-bond donors (Lipinski definition) is 1. The fourth-order valence-corrected chi connectivity index (χ4v) is 1.79. The second-order valence-electron chi connectivity index (χ2n) is 4.21. The van der Waals surface area contributed by atoms with Crippen molar-refractivity contribution < 1.29 is 13.9 Å². The minimum atomic E-state index is -0.423. The Kier molecular flexibility index (Phi) is 4.52. The number of fused-ring (bicyclic) bond motifs is 1. The van der Waals surface area contributed by atoms with E-state index in [1.54, 1.807) is 6.92 Å². The van der Waals surface area contributed by atoms with E-state index in [4.69, 9.17) is 9.15 Å². The molecule has 0 unspecified atom stereocenters. The highest BCUT2D eigenvalue weighted by molar-refractivity contribution is 5.80. The van der Waals surface area contributed by atoms with E-state index >= 15 is 0 Å². The topological polar surface area (TPSA) is 64.4 Å². The maximum absolute atomic E-state index is 11.6. The Balaban J connectivity index is 1.84. The van der Waals surface area contributed by atoms with Gasteiger partial charge in [-0.15, -0.1) is 0 Å². The Morgan fingerprint density at radius 3 is 3.00 bits per heavy atom. The third kappa shape index (κ3) is 3.54. The van der Waals surface area contributed by atoms with Gasteiger partial charge in [0.15, 0.2) is 11.5 Å². The van der Waals surface area contributed by atoms with Crippen molar-refractivity contribution in [2.75, 3.05) is 13.2 Å². The molecule has 1 N–H and O–H groups in total. The van der Waals surface area contributed by atoms with Gasteiger partial charge in [-0.2, -0.15) is 0 Å². The lowest BCUT2D eigenvalue weighted by Crippen LogP contribution is -2.35. The largest absolute Gasteiger partial charge is 0.441 e. The van der Waals surface area contributed by atoms with E-state index in [1.807, 2.05) is 31.2 Å². The van der Waals surface area contributed by atoms with Crippen molar-refractivity contribution in [1.29, 1.82) is 0 Å². The first-order chi connectivity index (χ1) is 9.20. The smallest absolute Gasteiger partial charge is 0.248 e. The van der Waals surface area contributed by atoms with Crippen LogP contribution in [0.4, 0.5) is 0 Å². The van der Waals surface area contributed by atoms with E-state index < -0.39 is 6.10 Å². The molecule has 1 heterocycles. The van der Waals surface area contributed by atoms with Crippen molar-refractivity contribution in [3.8, 4) is 0 Å². The average Bonchev–Trinajstić information content (AvgIpc) is 2.81. The van der Waals surface area contributed by atoms with Crippen LogP contribution in [0, 0.1) is 0 Å². The number of aromatic nitrogens is 1.